The van der Waals surface area contributed by atoms with Gasteiger partial charge >= 0.3 is 0 Å². The number of alkyl halides is 1. The molecule has 0 aromatic carbocycles. The van der Waals surface area contributed by atoms with Crippen molar-refractivity contribution in [2.24, 2.45) is 16.7 Å². The summed E-state index contributed by atoms with van der Waals surface area (Å²) in [4.78, 5) is 12.0. The summed E-state index contributed by atoms with van der Waals surface area (Å²) in [5.74, 6) is 1.14. The molecule has 0 spiro atoms. The average molecular weight is 229 g/mol. The Balaban J connectivity index is 2.24. The second kappa shape index (κ2) is 1.56. The highest BCUT2D eigenvalue weighted by Gasteiger charge is 2.82. The molecule has 4 fully saturated rings. The number of carbonyl (C=O) groups is 1. The number of Topliss-reactive ketones (excluding diaryl/α,β-unsaturated/α-hetero) is 1. The molecule has 0 N–H and O–H groups in total. The van der Waals surface area contributed by atoms with E-state index in [4.69, 9.17) is 0 Å². The third-order valence-corrected chi connectivity index (χ3v) is 6.21. The lowest BCUT2D eigenvalue weighted by atomic mass is 9.60. The first-order chi connectivity index (χ1) is 5.45. The zero-order valence-electron chi connectivity index (χ0n) is 7.48. The number of halogens is 1. The maximum atomic E-state index is 12.0. The van der Waals surface area contributed by atoms with Crippen LogP contribution in [0.5, 0.6) is 0 Å². The van der Waals surface area contributed by atoms with Crippen molar-refractivity contribution in [3.05, 3.63) is 0 Å². The monoisotopic (exact) mass is 228 g/mol. The van der Waals surface area contributed by atoms with Crippen molar-refractivity contribution in [2.75, 3.05) is 0 Å². The van der Waals surface area contributed by atoms with Crippen LogP contribution in [-0.2, 0) is 4.79 Å². The van der Waals surface area contributed by atoms with E-state index in [1.165, 1.54) is 6.42 Å². The summed E-state index contributed by atoms with van der Waals surface area (Å²) in [6.45, 7) is 4.47. The van der Waals surface area contributed by atoms with E-state index in [-0.39, 0.29) is 9.74 Å². The Morgan fingerprint density at radius 2 is 2.17 bits per heavy atom. The molecule has 4 aliphatic rings. The van der Waals surface area contributed by atoms with Crippen LogP contribution in [0.3, 0.4) is 0 Å². The predicted molar refractivity (Wildman–Crippen MR) is 50.2 cm³/mol. The SMILES string of the molecule is CC12CCC3C(Br)(C[C@@]31C)C2=O. The van der Waals surface area contributed by atoms with Gasteiger partial charge in [0.25, 0.3) is 0 Å². The van der Waals surface area contributed by atoms with Gasteiger partial charge in [-0.3, -0.25) is 4.79 Å². The lowest BCUT2D eigenvalue weighted by Gasteiger charge is -2.48. The molecule has 0 heterocycles. The van der Waals surface area contributed by atoms with E-state index in [2.05, 4.69) is 29.8 Å². The average Bonchev–Trinajstić information content (AvgIpc) is 2.30. The lowest BCUT2D eigenvalue weighted by Crippen LogP contribution is -2.49. The molecule has 4 rings (SSSR count). The van der Waals surface area contributed by atoms with Crippen molar-refractivity contribution in [1.29, 1.82) is 0 Å². The van der Waals surface area contributed by atoms with Gasteiger partial charge in [-0.05, 0) is 30.6 Å². The van der Waals surface area contributed by atoms with Crippen molar-refractivity contribution in [1.82, 2.24) is 0 Å². The zero-order chi connectivity index (χ0) is 8.78. The van der Waals surface area contributed by atoms with Gasteiger partial charge in [-0.25, -0.2) is 0 Å². The summed E-state index contributed by atoms with van der Waals surface area (Å²) in [6, 6.07) is 0. The molecule has 12 heavy (non-hydrogen) atoms. The highest BCUT2D eigenvalue weighted by Crippen LogP contribution is 2.81. The van der Waals surface area contributed by atoms with Gasteiger partial charge in [-0.15, -0.1) is 0 Å². The van der Waals surface area contributed by atoms with Gasteiger partial charge in [0.1, 0.15) is 0 Å². The molecule has 0 aromatic rings. The maximum absolute atomic E-state index is 12.0. The Morgan fingerprint density at radius 3 is 2.50 bits per heavy atom. The van der Waals surface area contributed by atoms with Gasteiger partial charge < -0.3 is 0 Å². The first-order valence-corrected chi connectivity index (χ1v) is 5.48. The number of hydrogen-bond donors (Lipinski definition) is 0. The number of rotatable bonds is 0. The fraction of sp³-hybridized carbons (Fsp3) is 0.900. The first kappa shape index (κ1) is 7.54. The van der Waals surface area contributed by atoms with E-state index in [1.54, 1.807) is 0 Å². The number of carbonyl (C=O) groups excluding carboxylic acids is 1. The molecule has 0 saturated heterocycles. The van der Waals surface area contributed by atoms with Crippen molar-refractivity contribution in [3.8, 4) is 0 Å². The van der Waals surface area contributed by atoms with E-state index < -0.39 is 0 Å². The molecular weight excluding hydrogens is 216 g/mol. The van der Waals surface area contributed by atoms with Crippen LogP contribution in [-0.4, -0.2) is 10.1 Å². The zero-order valence-corrected chi connectivity index (χ0v) is 9.07. The highest BCUT2D eigenvalue weighted by atomic mass is 79.9. The maximum Gasteiger partial charge on any atom is 0.156 e. The minimum atomic E-state index is -0.0885. The van der Waals surface area contributed by atoms with E-state index >= 15 is 0 Å². The minimum absolute atomic E-state index is 0.0150. The molecular formula is C10H13BrO. The third kappa shape index (κ3) is 0.417. The Bertz CT molecular complexity index is 300. The van der Waals surface area contributed by atoms with E-state index in [9.17, 15) is 4.79 Å². The summed E-state index contributed by atoms with van der Waals surface area (Å²) in [7, 11) is 0. The molecule has 0 amide bonds. The van der Waals surface area contributed by atoms with Gasteiger partial charge in [-0.2, -0.15) is 0 Å². The van der Waals surface area contributed by atoms with E-state index in [1.807, 2.05) is 0 Å². The number of hydrogen-bond acceptors (Lipinski definition) is 1. The van der Waals surface area contributed by atoms with Crippen LogP contribution in [0.4, 0.5) is 0 Å². The quantitative estimate of drug-likeness (QED) is 0.583. The molecule has 4 atom stereocenters. The molecule has 0 aromatic heterocycles. The van der Waals surface area contributed by atoms with Gasteiger partial charge in [0.05, 0.1) is 4.32 Å². The smallest absolute Gasteiger partial charge is 0.156 e. The molecule has 2 heteroatoms. The molecule has 0 aliphatic heterocycles. The Kier molecular flexibility index (Phi) is 0.980. The van der Waals surface area contributed by atoms with Crippen LogP contribution < -0.4 is 0 Å². The molecule has 1 nitrogen and oxygen atoms in total. The van der Waals surface area contributed by atoms with Crippen LogP contribution in [0.15, 0.2) is 0 Å². The molecule has 4 bridgehead atoms. The van der Waals surface area contributed by atoms with Gasteiger partial charge in [0.2, 0.25) is 0 Å². The summed E-state index contributed by atoms with van der Waals surface area (Å²) in [6.07, 6.45) is 3.46. The Hall–Kier alpha value is 0.150. The topological polar surface area (TPSA) is 17.1 Å². The number of ketones is 1. The fourth-order valence-electron chi connectivity index (χ4n) is 4.07. The largest absolute Gasteiger partial charge is 0.297 e. The lowest BCUT2D eigenvalue weighted by molar-refractivity contribution is -0.126. The second-order valence-corrected chi connectivity index (χ2v) is 6.62. The molecule has 4 aliphatic carbocycles. The predicted octanol–water partition coefficient (Wildman–Crippen LogP) is 2.53. The molecule has 0 radical (unpaired) electrons. The van der Waals surface area contributed by atoms with Crippen molar-refractivity contribution < 1.29 is 4.79 Å². The standard InChI is InChI=1S/C10H13BrO/c1-8-4-3-6-9(8,2)5-10(6,11)7(8)12/h6H,3-5H2,1-2H3/t6?,8?,9-,10?/m0/s1. The molecule has 4 saturated carbocycles. The van der Waals surface area contributed by atoms with Crippen LogP contribution in [0.25, 0.3) is 0 Å². The summed E-state index contributed by atoms with van der Waals surface area (Å²) < 4.78 is -0.0885. The summed E-state index contributed by atoms with van der Waals surface area (Å²) >= 11 is 3.65. The molecule has 3 unspecified atom stereocenters. The second-order valence-electron chi connectivity index (χ2n) is 5.21. The van der Waals surface area contributed by atoms with Gasteiger partial charge in [0, 0.05) is 5.41 Å². The van der Waals surface area contributed by atoms with Crippen molar-refractivity contribution in [3.63, 3.8) is 0 Å². The Labute approximate surface area is 81.0 Å². The van der Waals surface area contributed by atoms with Crippen molar-refractivity contribution >= 4 is 21.7 Å². The Morgan fingerprint density at radius 1 is 1.50 bits per heavy atom. The van der Waals surface area contributed by atoms with Crippen LogP contribution in [0.1, 0.15) is 33.1 Å². The normalized spacial score (nSPS) is 66.9. The van der Waals surface area contributed by atoms with E-state index in [0.29, 0.717) is 17.1 Å². The summed E-state index contributed by atoms with van der Waals surface area (Å²) in [5, 5.41) is 0. The van der Waals surface area contributed by atoms with Gasteiger partial charge in [0.15, 0.2) is 5.78 Å². The van der Waals surface area contributed by atoms with Crippen molar-refractivity contribution in [2.45, 2.75) is 37.4 Å². The first-order valence-electron chi connectivity index (χ1n) is 4.69. The molecule has 66 valence electrons. The van der Waals surface area contributed by atoms with Gasteiger partial charge in [-0.1, -0.05) is 29.8 Å². The van der Waals surface area contributed by atoms with Crippen LogP contribution in [0, 0.1) is 16.7 Å². The van der Waals surface area contributed by atoms with Crippen LogP contribution >= 0.6 is 15.9 Å². The van der Waals surface area contributed by atoms with E-state index in [0.717, 1.165) is 12.8 Å². The summed E-state index contributed by atoms with van der Waals surface area (Å²) in [5.41, 5.74) is 0.356. The third-order valence-electron chi connectivity index (χ3n) is 5.02. The highest BCUT2D eigenvalue weighted by molar-refractivity contribution is 9.10. The van der Waals surface area contributed by atoms with Crippen LogP contribution in [0.2, 0.25) is 0 Å². The minimum Gasteiger partial charge on any atom is -0.297 e. The fourth-order valence-corrected chi connectivity index (χ4v) is 5.82.